The van der Waals surface area contributed by atoms with Crippen molar-refractivity contribution in [3.05, 3.63) is 58.6 Å². The van der Waals surface area contributed by atoms with Crippen LogP contribution in [-0.4, -0.2) is 14.2 Å². The number of ether oxygens (including phenoxy) is 2. The van der Waals surface area contributed by atoms with Crippen LogP contribution in [0.5, 0.6) is 11.5 Å². The fourth-order valence-electron chi connectivity index (χ4n) is 2.35. The highest BCUT2D eigenvalue weighted by atomic mass is 35.5. The van der Waals surface area contributed by atoms with E-state index in [0.717, 1.165) is 22.6 Å². The second kappa shape index (κ2) is 6.37. The Labute approximate surface area is 130 Å². The highest BCUT2D eigenvalue weighted by Gasteiger charge is 2.23. The van der Waals surface area contributed by atoms with Crippen molar-refractivity contribution in [2.24, 2.45) is 5.73 Å². The number of nitrogens with two attached hydrogens (primary N) is 1. The Hall–Kier alpha value is -1.71. The van der Waals surface area contributed by atoms with Crippen LogP contribution in [0.15, 0.2) is 42.5 Å². The van der Waals surface area contributed by atoms with Crippen molar-refractivity contribution in [1.82, 2.24) is 0 Å². The summed E-state index contributed by atoms with van der Waals surface area (Å²) in [5.41, 5.74) is 8.00. The number of hydrogen-bond acceptors (Lipinski definition) is 3. The smallest absolute Gasteiger partial charge is 0.122 e. The van der Waals surface area contributed by atoms with E-state index in [-0.39, 0.29) is 0 Å². The lowest BCUT2D eigenvalue weighted by molar-refractivity contribution is 0.399. The lowest BCUT2D eigenvalue weighted by Gasteiger charge is -2.26. The maximum absolute atomic E-state index is 6.50. The molecule has 0 amide bonds. The molecule has 0 spiro atoms. The summed E-state index contributed by atoms with van der Waals surface area (Å²) in [7, 11) is 3.29. The minimum absolute atomic E-state index is 0.524. The highest BCUT2D eigenvalue weighted by molar-refractivity contribution is 6.30. The van der Waals surface area contributed by atoms with Crippen molar-refractivity contribution in [1.29, 1.82) is 0 Å². The topological polar surface area (TPSA) is 44.5 Å². The van der Waals surface area contributed by atoms with Crippen LogP contribution in [0.3, 0.4) is 0 Å². The van der Waals surface area contributed by atoms with Gasteiger partial charge in [-0.05, 0) is 54.8 Å². The molecule has 2 N–H and O–H groups in total. The zero-order valence-corrected chi connectivity index (χ0v) is 13.3. The van der Waals surface area contributed by atoms with Gasteiger partial charge in [-0.25, -0.2) is 0 Å². The lowest BCUT2D eigenvalue weighted by Crippen LogP contribution is -2.35. The van der Waals surface area contributed by atoms with E-state index in [1.54, 1.807) is 14.2 Å². The van der Waals surface area contributed by atoms with Crippen LogP contribution in [0.2, 0.25) is 5.02 Å². The number of benzene rings is 2. The fourth-order valence-corrected chi connectivity index (χ4v) is 2.55. The summed E-state index contributed by atoms with van der Waals surface area (Å²) in [5.74, 6) is 1.61. The fraction of sp³-hybridized carbons (Fsp3) is 0.294. The lowest BCUT2D eigenvalue weighted by atomic mass is 9.86. The van der Waals surface area contributed by atoms with Crippen molar-refractivity contribution in [2.45, 2.75) is 18.9 Å². The molecular weight excluding hydrogens is 286 g/mol. The van der Waals surface area contributed by atoms with E-state index in [4.69, 9.17) is 26.8 Å². The van der Waals surface area contributed by atoms with Crippen LogP contribution >= 0.6 is 11.6 Å². The summed E-state index contributed by atoms with van der Waals surface area (Å²) in [4.78, 5) is 0. The van der Waals surface area contributed by atoms with E-state index in [0.29, 0.717) is 11.4 Å². The van der Waals surface area contributed by atoms with Gasteiger partial charge in [-0.2, -0.15) is 0 Å². The Morgan fingerprint density at radius 1 is 1.05 bits per heavy atom. The van der Waals surface area contributed by atoms with E-state index < -0.39 is 5.54 Å². The molecule has 1 unspecified atom stereocenters. The standard InChI is InChI=1S/C17H20ClNO2/c1-17(19,13-4-7-15(20-2)8-5-13)11-12-10-14(18)6-9-16(12)21-3/h4-10H,11,19H2,1-3H3. The Morgan fingerprint density at radius 3 is 2.29 bits per heavy atom. The van der Waals surface area contributed by atoms with Crippen LogP contribution in [0.4, 0.5) is 0 Å². The molecular formula is C17H20ClNO2. The van der Waals surface area contributed by atoms with Gasteiger partial charge in [-0.3, -0.25) is 0 Å². The van der Waals surface area contributed by atoms with Crippen molar-refractivity contribution in [3.8, 4) is 11.5 Å². The molecule has 0 radical (unpaired) electrons. The van der Waals surface area contributed by atoms with E-state index in [2.05, 4.69) is 0 Å². The molecule has 0 heterocycles. The summed E-state index contributed by atoms with van der Waals surface area (Å²) in [6.45, 7) is 2.00. The van der Waals surface area contributed by atoms with Gasteiger partial charge in [0, 0.05) is 10.6 Å². The molecule has 0 aliphatic carbocycles. The molecule has 21 heavy (non-hydrogen) atoms. The van der Waals surface area contributed by atoms with Crippen LogP contribution in [-0.2, 0) is 12.0 Å². The number of methoxy groups -OCH3 is 2. The summed E-state index contributed by atoms with van der Waals surface area (Å²) in [6.07, 6.45) is 0.628. The summed E-state index contributed by atoms with van der Waals surface area (Å²) < 4.78 is 10.6. The average Bonchev–Trinajstić information content (AvgIpc) is 2.47. The molecule has 112 valence electrons. The van der Waals surface area contributed by atoms with Gasteiger partial charge in [0.1, 0.15) is 11.5 Å². The van der Waals surface area contributed by atoms with Crippen LogP contribution in [0.1, 0.15) is 18.1 Å². The molecule has 2 rings (SSSR count). The summed E-state index contributed by atoms with van der Waals surface area (Å²) in [5, 5.41) is 0.677. The minimum Gasteiger partial charge on any atom is -0.497 e. The molecule has 0 saturated heterocycles. The van der Waals surface area contributed by atoms with Gasteiger partial charge in [0.15, 0.2) is 0 Å². The SMILES string of the molecule is COc1ccc(C(C)(N)Cc2cc(Cl)ccc2OC)cc1. The molecule has 0 aromatic heterocycles. The van der Waals surface area contributed by atoms with E-state index >= 15 is 0 Å². The first kappa shape index (κ1) is 15.7. The third-order valence-electron chi connectivity index (χ3n) is 3.55. The largest absolute Gasteiger partial charge is 0.497 e. The molecule has 0 fully saturated rings. The highest BCUT2D eigenvalue weighted by Crippen LogP contribution is 2.30. The van der Waals surface area contributed by atoms with Gasteiger partial charge in [0.25, 0.3) is 0 Å². The van der Waals surface area contributed by atoms with Crippen LogP contribution in [0, 0.1) is 0 Å². The van der Waals surface area contributed by atoms with E-state index in [1.807, 2.05) is 49.4 Å². The molecule has 0 bridgehead atoms. The third kappa shape index (κ3) is 3.69. The number of rotatable bonds is 5. The van der Waals surface area contributed by atoms with E-state index in [9.17, 15) is 0 Å². The first-order valence-electron chi connectivity index (χ1n) is 6.72. The van der Waals surface area contributed by atoms with Crippen LogP contribution in [0.25, 0.3) is 0 Å². The van der Waals surface area contributed by atoms with Gasteiger partial charge in [-0.15, -0.1) is 0 Å². The van der Waals surface area contributed by atoms with Gasteiger partial charge in [0.2, 0.25) is 0 Å². The molecule has 4 heteroatoms. The van der Waals surface area contributed by atoms with Crippen molar-refractivity contribution in [3.63, 3.8) is 0 Å². The Balaban J connectivity index is 2.29. The zero-order chi connectivity index (χ0) is 15.5. The first-order chi connectivity index (χ1) is 9.96. The average molecular weight is 306 g/mol. The maximum Gasteiger partial charge on any atom is 0.122 e. The van der Waals surface area contributed by atoms with Gasteiger partial charge >= 0.3 is 0 Å². The monoisotopic (exact) mass is 305 g/mol. The maximum atomic E-state index is 6.50. The molecule has 0 saturated carbocycles. The van der Waals surface area contributed by atoms with Gasteiger partial charge in [0.05, 0.1) is 14.2 Å². The molecule has 3 nitrogen and oxygen atoms in total. The molecule has 2 aromatic carbocycles. The summed E-state index contributed by atoms with van der Waals surface area (Å²) in [6, 6.07) is 13.4. The quantitative estimate of drug-likeness (QED) is 0.914. The zero-order valence-electron chi connectivity index (χ0n) is 12.5. The first-order valence-corrected chi connectivity index (χ1v) is 7.10. The number of halogens is 1. The Bertz CT molecular complexity index is 609. The second-order valence-electron chi connectivity index (χ2n) is 5.28. The molecule has 1 atom stereocenters. The number of hydrogen-bond donors (Lipinski definition) is 1. The molecule has 0 aliphatic rings. The van der Waals surface area contributed by atoms with Crippen molar-refractivity contribution >= 4 is 11.6 Å². The normalized spacial score (nSPS) is 13.6. The van der Waals surface area contributed by atoms with Gasteiger partial charge < -0.3 is 15.2 Å². The second-order valence-corrected chi connectivity index (χ2v) is 5.72. The Morgan fingerprint density at radius 2 is 1.71 bits per heavy atom. The van der Waals surface area contributed by atoms with Gasteiger partial charge in [-0.1, -0.05) is 23.7 Å². The van der Waals surface area contributed by atoms with Crippen molar-refractivity contribution < 1.29 is 9.47 Å². The predicted octanol–water partition coefficient (Wildman–Crippen LogP) is 3.77. The Kier molecular flexibility index (Phi) is 4.76. The summed E-state index contributed by atoms with van der Waals surface area (Å²) >= 11 is 6.08. The van der Waals surface area contributed by atoms with Crippen molar-refractivity contribution in [2.75, 3.05) is 14.2 Å². The molecule has 0 aliphatic heterocycles. The third-order valence-corrected chi connectivity index (χ3v) is 3.78. The predicted molar refractivity (Wildman–Crippen MR) is 86.2 cm³/mol. The minimum atomic E-state index is -0.524. The molecule has 2 aromatic rings. The van der Waals surface area contributed by atoms with Crippen LogP contribution < -0.4 is 15.2 Å². The van der Waals surface area contributed by atoms with E-state index in [1.165, 1.54) is 0 Å².